The van der Waals surface area contributed by atoms with E-state index < -0.39 is 9.84 Å². The van der Waals surface area contributed by atoms with Crippen molar-refractivity contribution >= 4 is 15.8 Å². The van der Waals surface area contributed by atoms with Gasteiger partial charge in [-0.25, -0.2) is 8.42 Å². The van der Waals surface area contributed by atoms with Crippen LogP contribution in [0.4, 0.5) is 5.95 Å². The third-order valence-corrected chi connectivity index (χ3v) is 3.34. The first-order valence-electron chi connectivity index (χ1n) is 5.59. The van der Waals surface area contributed by atoms with Crippen LogP contribution < -0.4 is 10.2 Å². The van der Waals surface area contributed by atoms with Crippen LogP contribution in [0.25, 0.3) is 0 Å². The number of nitrogens with zero attached hydrogens (tertiary/aromatic N) is 3. The zero-order chi connectivity index (χ0) is 12.3. The van der Waals surface area contributed by atoms with Crippen molar-refractivity contribution in [2.45, 2.75) is 12.2 Å². The van der Waals surface area contributed by atoms with Gasteiger partial charge in [0.25, 0.3) is 0 Å². The Morgan fingerprint density at radius 2 is 2.18 bits per heavy atom. The summed E-state index contributed by atoms with van der Waals surface area (Å²) in [4.78, 5) is 6.27. The molecule has 1 aromatic rings. The molecule has 0 amide bonds. The molecule has 0 unspecified atom stereocenters. The Balaban J connectivity index is 2.06. The number of rotatable bonds is 3. The second kappa shape index (κ2) is 5.01. The van der Waals surface area contributed by atoms with E-state index in [-0.39, 0.29) is 5.75 Å². The second-order valence-electron chi connectivity index (χ2n) is 4.24. The lowest BCUT2D eigenvalue weighted by atomic mass is 10.4. The first-order chi connectivity index (χ1) is 8.04. The lowest BCUT2D eigenvalue weighted by molar-refractivity contribution is 0.599. The molecule has 2 rings (SSSR count). The number of sulfone groups is 1. The summed E-state index contributed by atoms with van der Waals surface area (Å²) in [7, 11) is -3.07. The van der Waals surface area contributed by atoms with E-state index in [4.69, 9.17) is 0 Å². The average Bonchev–Trinajstić information content (AvgIpc) is 2.52. The van der Waals surface area contributed by atoms with Gasteiger partial charge in [0.1, 0.15) is 11.6 Å². The Morgan fingerprint density at radius 3 is 2.94 bits per heavy atom. The quantitative estimate of drug-likeness (QED) is 0.734. The van der Waals surface area contributed by atoms with Gasteiger partial charge in [0.05, 0.1) is 0 Å². The molecule has 2 N–H and O–H groups in total. The summed E-state index contributed by atoms with van der Waals surface area (Å²) in [6, 6.07) is 0. The number of hydrogen-bond acceptors (Lipinski definition) is 6. The van der Waals surface area contributed by atoms with Crippen molar-refractivity contribution in [3.05, 3.63) is 5.82 Å². The number of hydrogen-bond donors (Lipinski definition) is 2. The van der Waals surface area contributed by atoms with Crippen LogP contribution in [0.2, 0.25) is 0 Å². The Morgan fingerprint density at radius 1 is 1.35 bits per heavy atom. The predicted octanol–water partition coefficient (Wildman–Crippen LogP) is -0.851. The fourth-order valence-electron chi connectivity index (χ4n) is 1.79. The standard InChI is InChI=1S/C9H17N5O2S/c1-17(15,16)7-8-11-9(13-12-8)14-5-2-3-10-4-6-14/h10H,2-7H2,1H3,(H,11,12,13). The molecule has 1 saturated heterocycles. The van der Waals surface area contributed by atoms with Gasteiger partial charge < -0.3 is 10.2 Å². The lowest BCUT2D eigenvalue weighted by Gasteiger charge is -2.16. The Hall–Kier alpha value is -1.15. The van der Waals surface area contributed by atoms with Crippen molar-refractivity contribution in [2.24, 2.45) is 0 Å². The summed E-state index contributed by atoms with van der Waals surface area (Å²) in [5, 5.41) is 10.0. The van der Waals surface area contributed by atoms with E-state index in [1.54, 1.807) is 0 Å². The molecule has 7 nitrogen and oxygen atoms in total. The van der Waals surface area contributed by atoms with Crippen molar-refractivity contribution in [2.75, 3.05) is 37.3 Å². The number of aromatic amines is 1. The highest BCUT2D eigenvalue weighted by molar-refractivity contribution is 7.89. The molecule has 0 aliphatic carbocycles. The topological polar surface area (TPSA) is 91.0 Å². The van der Waals surface area contributed by atoms with E-state index in [1.807, 2.05) is 0 Å². The normalized spacial score (nSPS) is 18.1. The Labute approximate surface area is 101 Å². The van der Waals surface area contributed by atoms with Crippen molar-refractivity contribution in [3.8, 4) is 0 Å². The minimum absolute atomic E-state index is 0.0912. The van der Waals surface area contributed by atoms with Crippen LogP contribution >= 0.6 is 0 Å². The molecule has 1 aromatic heterocycles. The van der Waals surface area contributed by atoms with Crippen LogP contribution in [-0.4, -0.2) is 56.0 Å². The van der Waals surface area contributed by atoms with Crippen LogP contribution in [0.15, 0.2) is 0 Å². The van der Waals surface area contributed by atoms with Gasteiger partial charge >= 0.3 is 0 Å². The molecule has 0 spiro atoms. The predicted molar refractivity (Wildman–Crippen MR) is 64.6 cm³/mol. The molecular formula is C9H17N5O2S. The zero-order valence-corrected chi connectivity index (χ0v) is 10.6. The summed E-state index contributed by atoms with van der Waals surface area (Å²) >= 11 is 0. The van der Waals surface area contributed by atoms with E-state index in [1.165, 1.54) is 6.26 Å². The summed E-state index contributed by atoms with van der Waals surface area (Å²) < 4.78 is 22.3. The van der Waals surface area contributed by atoms with Crippen LogP contribution in [0.5, 0.6) is 0 Å². The molecule has 0 saturated carbocycles. The molecule has 0 atom stereocenters. The van der Waals surface area contributed by atoms with E-state index in [0.717, 1.165) is 32.6 Å². The van der Waals surface area contributed by atoms with E-state index in [2.05, 4.69) is 25.4 Å². The summed E-state index contributed by atoms with van der Waals surface area (Å²) in [5.41, 5.74) is 0. The lowest BCUT2D eigenvalue weighted by Crippen LogP contribution is -2.28. The summed E-state index contributed by atoms with van der Waals surface area (Å²) in [6.45, 7) is 3.63. The first-order valence-corrected chi connectivity index (χ1v) is 7.65. The van der Waals surface area contributed by atoms with E-state index in [0.29, 0.717) is 11.8 Å². The molecule has 0 aromatic carbocycles. The Bertz CT molecular complexity index is 461. The van der Waals surface area contributed by atoms with Crippen LogP contribution in [0, 0.1) is 0 Å². The van der Waals surface area contributed by atoms with Crippen molar-refractivity contribution in [1.29, 1.82) is 0 Å². The van der Waals surface area contributed by atoms with E-state index in [9.17, 15) is 8.42 Å². The largest absolute Gasteiger partial charge is 0.338 e. The third-order valence-electron chi connectivity index (χ3n) is 2.54. The minimum Gasteiger partial charge on any atom is -0.338 e. The number of H-pyrrole nitrogens is 1. The van der Waals surface area contributed by atoms with Gasteiger partial charge in [-0.2, -0.15) is 4.98 Å². The minimum atomic E-state index is -3.07. The van der Waals surface area contributed by atoms with Crippen molar-refractivity contribution < 1.29 is 8.42 Å². The molecule has 17 heavy (non-hydrogen) atoms. The molecule has 0 bridgehead atoms. The number of anilines is 1. The SMILES string of the molecule is CS(=O)(=O)Cc1nc(N2CCCNCC2)n[nH]1. The van der Waals surface area contributed by atoms with Crippen molar-refractivity contribution in [3.63, 3.8) is 0 Å². The van der Waals surface area contributed by atoms with Gasteiger partial charge in [0, 0.05) is 25.9 Å². The zero-order valence-electron chi connectivity index (χ0n) is 9.81. The van der Waals surface area contributed by atoms with Gasteiger partial charge in [-0.05, 0) is 13.0 Å². The maximum absolute atomic E-state index is 11.1. The highest BCUT2D eigenvalue weighted by atomic mass is 32.2. The molecule has 96 valence electrons. The van der Waals surface area contributed by atoms with Gasteiger partial charge in [-0.1, -0.05) is 0 Å². The molecule has 0 radical (unpaired) electrons. The van der Waals surface area contributed by atoms with Crippen LogP contribution in [0.3, 0.4) is 0 Å². The van der Waals surface area contributed by atoms with Gasteiger partial charge in [0.2, 0.25) is 5.95 Å². The fraction of sp³-hybridized carbons (Fsp3) is 0.778. The highest BCUT2D eigenvalue weighted by Gasteiger charge is 2.15. The van der Waals surface area contributed by atoms with Crippen LogP contribution in [0.1, 0.15) is 12.2 Å². The van der Waals surface area contributed by atoms with E-state index >= 15 is 0 Å². The van der Waals surface area contributed by atoms with Gasteiger partial charge in [-0.3, -0.25) is 5.10 Å². The van der Waals surface area contributed by atoms with Crippen LogP contribution in [-0.2, 0) is 15.6 Å². The maximum Gasteiger partial charge on any atom is 0.244 e. The maximum atomic E-state index is 11.1. The summed E-state index contributed by atoms with van der Waals surface area (Å²) in [5.74, 6) is 0.901. The molecular weight excluding hydrogens is 242 g/mol. The molecule has 1 aliphatic heterocycles. The molecule has 1 aliphatic rings. The highest BCUT2D eigenvalue weighted by Crippen LogP contribution is 2.09. The number of aromatic nitrogens is 3. The third kappa shape index (κ3) is 3.67. The summed E-state index contributed by atoms with van der Waals surface area (Å²) in [6.07, 6.45) is 2.22. The molecule has 2 heterocycles. The first kappa shape index (κ1) is 12.3. The monoisotopic (exact) mass is 259 g/mol. The molecule has 1 fully saturated rings. The van der Waals surface area contributed by atoms with Gasteiger partial charge in [0.15, 0.2) is 9.84 Å². The number of nitrogens with one attached hydrogen (secondary N) is 2. The second-order valence-corrected chi connectivity index (χ2v) is 6.38. The van der Waals surface area contributed by atoms with Crippen molar-refractivity contribution in [1.82, 2.24) is 20.5 Å². The fourth-order valence-corrected chi connectivity index (χ4v) is 2.41. The average molecular weight is 259 g/mol. The smallest absolute Gasteiger partial charge is 0.244 e. The van der Waals surface area contributed by atoms with Gasteiger partial charge in [-0.15, -0.1) is 5.10 Å². The Kier molecular flexibility index (Phi) is 3.63. The molecule has 8 heteroatoms.